The van der Waals surface area contributed by atoms with Gasteiger partial charge in [-0.2, -0.15) is 5.10 Å². The standard InChI is InChI=1S/C18H19Cl2N3O2S/c1-3-21-18(26)23-22-10-12-6-4-9-16(24-2)17(12)25-11-13-14(19)7-5-8-15(13)20/h4-10H,3,11H2,1-2H3,(H2,21,23,26)/b22-10-. The Morgan fingerprint density at radius 2 is 1.88 bits per heavy atom. The van der Waals surface area contributed by atoms with Crippen molar-refractivity contribution in [3.8, 4) is 11.5 Å². The molecular weight excluding hydrogens is 393 g/mol. The fourth-order valence-corrected chi connectivity index (χ4v) is 2.83. The molecule has 0 fully saturated rings. The third-order valence-corrected chi connectivity index (χ3v) is 4.30. The number of thiocarbonyl (C=S) groups is 1. The van der Waals surface area contributed by atoms with Crippen molar-refractivity contribution in [1.29, 1.82) is 0 Å². The minimum atomic E-state index is 0.197. The van der Waals surface area contributed by atoms with Gasteiger partial charge in [-0.3, -0.25) is 5.43 Å². The van der Waals surface area contributed by atoms with Crippen LogP contribution in [0.2, 0.25) is 10.0 Å². The van der Waals surface area contributed by atoms with Crippen LogP contribution in [0.5, 0.6) is 11.5 Å². The molecule has 0 saturated heterocycles. The molecule has 26 heavy (non-hydrogen) atoms. The van der Waals surface area contributed by atoms with Crippen molar-refractivity contribution < 1.29 is 9.47 Å². The summed E-state index contributed by atoms with van der Waals surface area (Å²) < 4.78 is 11.3. The Kier molecular flexibility index (Phi) is 7.97. The molecular formula is C18H19Cl2N3O2S. The summed E-state index contributed by atoms with van der Waals surface area (Å²) in [5, 5.41) is 8.59. The Morgan fingerprint density at radius 1 is 1.19 bits per heavy atom. The number of ether oxygens (including phenoxy) is 2. The Labute approximate surface area is 168 Å². The first-order chi connectivity index (χ1) is 12.6. The van der Waals surface area contributed by atoms with Gasteiger partial charge in [0.25, 0.3) is 0 Å². The van der Waals surface area contributed by atoms with Gasteiger partial charge in [0.1, 0.15) is 6.61 Å². The molecule has 0 amide bonds. The van der Waals surface area contributed by atoms with Crippen LogP contribution < -0.4 is 20.2 Å². The number of para-hydroxylation sites is 1. The molecule has 0 spiro atoms. The molecule has 5 nitrogen and oxygen atoms in total. The number of benzene rings is 2. The second-order valence-corrected chi connectivity index (χ2v) is 6.32. The molecule has 0 aromatic heterocycles. The van der Waals surface area contributed by atoms with Crippen molar-refractivity contribution in [3.05, 3.63) is 57.6 Å². The third kappa shape index (κ3) is 5.49. The van der Waals surface area contributed by atoms with Gasteiger partial charge >= 0.3 is 0 Å². The van der Waals surface area contributed by atoms with E-state index in [1.54, 1.807) is 37.6 Å². The largest absolute Gasteiger partial charge is 0.493 e. The lowest BCUT2D eigenvalue weighted by atomic mass is 10.2. The summed E-state index contributed by atoms with van der Waals surface area (Å²) in [5.41, 5.74) is 4.17. The van der Waals surface area contributed by atoms with E-state index in [-0.39, 0.29) is 6.61 Å². The van der Waals surface area contributed by atoms with E-state index in [9.17, 15) is 0 Å². The molecule has 0 aliphatic heterocycles. The highest BCUT2D eigenvalue weighted by atomic mass is 35.5. The van der Waals surface area contributed by atoms with E-state index in [0.29, 0.717) is 38.8 Å². The van der Waals surface area contributed by atoms with Gasteiger partial charge in [-0.25, -0.2) is 0 Å². The normalized spacial score (nSPS) is 10.6. The minimum Gasteiger partial charge on any atom is -0.493 e. The van der Waals surface area contributed by atoms with Gasteiger partial charge in [0.2, 0.25) is 0 Å². The van der Waals surface area contributed by atoms with Crippen molar-refractivity contribution in [2.24, 2.45) is 5.10 Å². The van der Waals surface area contributed by atoms with E-state index < -0.39 is 0 Å². The lowest BCUT2D eigenvalue weighted by molar-refractivity contribution is 0.284. The molecule has 2 aromatic rings. The van der Waals surface area contributed by atoms with E-state index in [1.807, 2.05) is 19.1 Å². The third-order valence-electron chi connectivity index (χ3n) is 3.36. The molecule has 0 radical (unpaired) electrons. The summed E-state index contributed by atoms with van der Waals surface area (Å²) in [6.45, 7) is 2.86. The fraction of sp³-hybridized carbons (Fsp3) is 0.222. The number of hydrazone groups is 1. The SMILES string of the molecule is CCNC(=S)N/N=C\c1cccc(OC)c1OCc1c(Cl)cccc1Cl. The second-order valence-electron chi connectivity index (χ2n) is 5.10. The van der Waals surface area contributed by atoms with Crippen LogP contribution in [-0.4, -0.2) is 25.0 Å². The van der Waals surface area contributed by atoms with Crippen molar-refractivity contribution >= 4 is 46.7 Å². The molecule has 0 aliphatic rings. The van der Waals surface area contributed by atoms with Gasteiger partial charge in [0.15, 0.2) is 16.6 Å². The lowest BCUT2D eigenvalue weighted by Crippen LogP contribution is -2.31. The second kappa shape index (κ2) is 10.2. The number of rotatable bonds is 7. The molecule has 138 valence electrons. The highest BCUT2D eigenvalue weighted by Gasteiger charge is 2.12. The van der Waals surface area contributed by atoms with Gasteiger partial charge in [0.05, 0.1) is 13.3 Å². The first kappa shape index (κ1) is 20.3. The molecule has 0 heterocycles. The smallest absolute Gasteiger partial charge is 0.186 e. The van der Waals surface area contributed by atoms with E-state index in [4.69, 9.17) is 44.9 Å². The number of methoxy groups -OCH3 is 1. The average molecular weight is 412 g/mol. The number of nitrogens with zero attached hydrogens (tertiary/aromatic N) is 1. The first-order valence-electron chi connectivity index (χ1n) is 7.86. The van der Waals surface area contributed by atoms with Crippen LogP contribution in [0.4, 0.5) is 0 Å². The molecule has 8 heteroatoms. The van der Waals surface area contributed by atoms with Crippen LogP contribution in [0.3, 0.4) is 0 Å². The molecule has 0 bridgehead atoms. The van der Waals surface area contributed by atoms with E-state index >= 15 is 0 Å². The summed E-state index contributed by atoms with van der Waals surface area (Å²) in [4.78, 5) is 0. The summed E-state index contributed by atoms with van der Waals surface area (Å²) >= 11 is 17.5. The zero-order valence-electron chi connectivity index (χ0n) is 14.4. The van der Waals surface area contributed by atoms with Crippen LogP contribution in [0.1, 0.15) is 18.1 Å². The molecule has 2 N–H and O–H groups in total. The molecule has 0 saturated carbocycles. The molecule has 0 atom stereocenters. The maximum Gasteiger partial charge on any atom is 0.186 e. The van der Waals surface area contributed by atoms with Gasteiger partial charge in [-0.15, -0.1) is 0 Å². The zero-order valence-corrected chi connectivity index (χ0v) is 16.7. The van der Waals surface area contributed by atoms with Gasteiger partial charge in [-0.1, -0.05) is 35.3 Å². The maximum absolute atomic E-state index is 6.20. The van der Waals surface area contributed by atoms with Crippen LogP contribution in [0.15, 0.2) is 41.5 Å². The van der Waals surface area contributed by atoms with Gasteiger partial charge in [0, 0.05) is 27.7 Å². The summed E-state index contributed by atoms with van der Waals surface area (Å²) in [6, 6.07) is 10.8. The van der Waals surface area contributed by atoms with Gasteiger partial charge in [-0.05, 0) is 43.4 Å². The predicted molar refractivity (Wildman–Crippen MR) is 111 cm³/mol. The number of hydrogen-bond acceptors (Lipinski definition) is 4. The van der Waals surface area contributed by atoms with Crippen molar-refractivity contribution in [2.75, 3.05) is 13.7 Å². The Bertz CT molecular complexity index is 780. The summed E-state index contributed by atoms with van der Waals surface area (Å²) in [6.07, 6.45) is 1.61. The van der Waals surface area contributed by atoms with Crippen LogP contribution in [0, 0.1) is 0 Å². The molecule has 0 unspecified atom stereocenters. The lowest BCUT2D eigenvalue weighted by Gasteiger charge is -2.14. The average Bonchev–Trinajstić information content (AvgIpc) is 2.62. The Morgan fingerprint density at radius 3 is 2.54 bits per heavy atom. The quantitative estimate of drug-likeness (QED) is 0.401. The van der Waals surface area contributed by atoms with Crippen LogP contribution in [-0.2, 0) is 6.61 Å². The molecule has 2 aromatic carbocycles. The highest BCUT2D eigenvalue weighted by molar-refractivity contribution is 7.80. The van der Waals surface area contributed by atoms with Crippen molar-refractivity contribution in [2.45, 2.75) is 13.5 Å². The number of nitrogens with one attached hydrogen (secondary N) is 2. The molecule has 0 aliphatic carbocycles. The fourth-order valence-electron chi connectivity index (χ4n) is 2.12. The van der Waals surface area contributed by atoms with Crippen molar-refractivity contribution in [3.63, 3.8) is 0 Å². The Balaban J connectivity index is 2.20. The summed E-state index contributed by atoms with van der Waals surface area (Å²) in [5.74, 6) is 1.11. The minimum absolute atomic E-state index is 0.197. The molecule has 2 rings (SSSR count). The van der Waals surface area contributed by atoms with Gasteiger partial charge < -0.3 is 14.8 Å². The van der Waals surface area contributed by atoms with E-state index in [1.165, 1.54) is 0 Å². The van der Waals surface area contributed by atoms with E-state index in [2.05, 4.69) is 15.8 Å². The summed E-state index contributed by atoms with van der Waals surface area (Å²) in [7, 11) is 1.57. The monoisotopic (exact) mass is 411 g/mol. The number of halogens is 2. The topological polar surface area (TPSA) is 54.9 Å². The zero-order chi connectivity index (χ0) is 18.9. The Hall–Kier alpha value is -2.02. The predicted octanol–water partition coefficient (Wildman–Crippen LogP) is 4.40. The van der Waals surface area contributed by atoms with Crippen LogP contribution >= 0.6 is 35.4 Å². The van der Waals surface area contributed by atoms with Crippen molar-refractivity contribution in [1.82, 2.24) is 10.7 Å². The maximum atomic E-state index is 6.20. The number of hydrogen-bond donors (Lipinski definition) is 2. The highest BCUT2D eigenvalue weighted by Crippen LogP contribution is 2.32. The van der Waals surface area contributed by atoms with E-state index in [0.717, 1.165) is 5.56 Å². The van der Waals surface area contributed by atoms with Crippen LogP contribution in [0.25, 0.3) is 0 Å². The first-order valence-corrected chi connectivity index (χ1v) is 9.02.